The van der Waals surface area contributed by atoms with Crippen LogP contribution < -0.4 is 5.43 Å². The number of carbonyl (C=O) groups excluding carboxylic acids is 1. The minimum Gasteiger partial charge on any atom is -0.462 e. The second-order valence-corrected chi connectivity index (χ2v) is 6.25. The number of ether oxygens (including phenoxy) is 1. The summed E-state index contributed by atoms with van der Waals surface area (Å²) in [5.41, 5.74) is 2.52. The van der Waals surface area contributed by atoms with Crippen molar-refractivity contribution in [2.45, 2.75) is 6.92 Å². The van der Waals surface area contributed by atoms with Gasteiger partial charge in [0.25, 0.3) is 0 Å². The Morgan fingerprint density at radius 2 is 2.04 bits per heavy atom. The molecule has 0 spiro atoms. The zero-order valence-corrected chi connectivity index (χ0v) is 14.7. The van der Waals surface area contributed by atoms with E-state index in [-0.39, 0.29) is 17.6 Å². The van der Waals surface area contributed by atoms with E-state index < -0.39 is 5.97 Å². The molecule has 0 aliphatic heterocycles. The summed E-state index contributed by atoms with van der Waals surface area (Å²) in [5.74, 6) is -0.632. The molecule has 0 aliphatic carbocycles. The van der Waals surface area contributed by atoms with Gasteiger partial charge in [-0.05, 0) is 30.7 Å². The molecule has 0 fully saturated rings. The van der Waals surface area contributed by atoms with Crippen molar-refractivity contribution in [2.75, 3.05) is 6.61 Å². The van der Waals surface area contributed by atoms with E-state index in [1.807, 2.05) is 24.3 Å². The summed E-state index contributed by atoms with van der Waals surface area (Å²) in [6.07, 6.45) is 3.47. The van der Waals surface area contributed by atoms with Crippen LogP contribution in [-0.2, 0) is 4.74 Å². The van der Waals surface area contributed by atoms with Crippen LogP contribution in [0.5, 0.6) is 0 Å². The lowest BCUT2D eigenvalue weighted by molar-refractivity contribution is 0.0527. The Morgan fingerprint density at radius 1 is 1.23 bits per heavy atom. The topological polar surface area (TPSA) is 63.6 Å². The van der Waals surface area contributed by atoms with Crippen molar-refractivity contribution in [1.82, 2.24) is 9.38 Å². The highest BCUT2D eigenvalue weighted by molar-refractivity contribution is 6.30. The van der Waals surface area contributed by atoms with Gasteiger partial charge < -0.3 is 9.72 Å². The number of nitrogens with zero attached hydrogens (tertiary/aromatic N) is 1. The molecule has 0 amide bonds. The number of fused-ring (bicyclic) bond motifs is 3. The van der Waals surface area contributed by atoms with E-state index in [1.165, 1.54) is 0 Å². The molecule has 26 heavy (non-hydrogen) atoms. The van der Waals surface area contributed by atoms with Crippen LogP contribution >= 0.6 is 11.6 Å². The number of esters is 1. The van der Waals surface area contributed by atoms with Crippen molar-refractivity contribution in [3.05, 3.63) is 75.7 Å². The van der Waals surface area contributed by atoms with Gasteiger partial charge in [-0.2, -0.15) is 0 Å². The fraction of sp³-hybridized carbons (Fsp3) is 0.100. The highest BCUT2D eigenvalue weighted by atomic mass is 35.5. The van der Waals surface area contributed by atoms with Crippen molar-refractivity contribution < 1.29 is 9.53 Å². The van der Waals surface area contributed by atoms with E-state index in [0.717, 1.165) is 11.1 Å². The Hall–Kier alpha value is -3.05. The quantitative estimate of drug-likeness (QED) is 0.550. The van der Waals surface area contributed by atoms with Gasteiger partial charge in [0.15, 0.2) is 0 Å². The monoisotopic (exact) mass is 366 g/mol. The van der Waals surface area contributed by atoms with Gasteiger partial charge >= 0.3 is 5.97 Å². The Kier molecular flexibility index (Phi) is 4.01. The number of aromatic amines is 1. The van der Waals surface area contributed by atoms with Gasteiger partial charge in [-0.15, -0.1) is 0 Å². The number of pyridine rings is 1. The first-order valence-electron chi connectivity index (χ1n) is 8.19. The van der Waals surface area contributed by atoms with Gasteiger partial charge in [0, 0.05) is 28.4 Å². The summed E-state index contributed by atoms with van der Waals surface area (Å²) < 4.78 is 6.88. The second kappa shape index (κ2) is 6.35. The summed E-state index contributed by atoms with van der Waals surface area (Å²) in [5, 5.41) is 1.06. The van der Waals surface area contributed by atoms with E-state index in [1.54, 1.807) is 41.9 Å². The van der Waals surface area contributed by atoms with E-state index in [2.05, 4.69) is 4.98 Å². The number of nitrogens with one attached hydrogen (secondary N) is 1. The molecule has 2 aromatic carbocycles. The van der Waals surface area contributed by atoms with Crippen molar-refractivity contribution >= 4 is 34.1 Å². The third-order valence-corrected chi connectivity index (χ3v) is 4.52. The summed E-state index contributed by atoms with van der Waals surface area (Å²) in [6.45, 7) is 1.91. The fourth-order valence-electron chi connectivity index (χ4n) is 3.22. The normalized spacial score (nSPS) is 11.2. The fourth-order valence-corrected chi connectivity index (χ4v) is 3.41. The molecule has 0 radical (unpaired) electrons. The van der Waals surface area contributed by atoms with Crippen LogP contribution in [0.4, 0.5) is 0 Å². The molecular formula is C20H15ClN2O3. The third kappa shape index (κ3) is 2.48. The van der Waals surface area contributed by atoms with E-state index in [9.17, 15) is 9.59 Å². The summed E-state index contributed by atoms with van der Waals surface area (Å²) in [7, 11) is 0. The smallest absolute Gasteiger partial charge is 0.345 e. The maximum atomic E-state index is 13.0. The van der Waals surface area contributed by atoms with Crippen LogP contribution in [-0.4, -0.2) is 22.0 Å². The number of carbonyl (C=O) groups is 1. The molecule has 0 saturated carbocycles. The minimum absolute atomic E-state index is 0.00703. The Balaban J connectivity index is 2.14. The molecule has 0 atom stereocenters. The van der Waals surface area contributed by atoms with Crippen LogP contribution in [0.2, 0.25) is 5.02 Å². The van der Waals surface area contributed by atoms with Crippen molar-refractivity contribution in [3.63, 3.8) is 0 Å². The van der Waals surface area contributed by atoms with Crippen LogP contribution in [0.15, 0.2) is 59.7 Å². The van der Waals surface area contributed by atoms with Gasteiger partial charge in [0.2, 0.25) is 5.43 Å². The maximum Gasteiger partial charge on any atom is 0.345 e. The summed E-state index contributed by atoms with van der Waals surface area (Å²) >= 11 is 6.14. The van der Waals surface area contributed by atoms with Crippen molar-refractivity contribution in [2.24, 2.45) is 0 Å². The number of para-hydroxylation sites is 1. The zero-order valence-electron chi connectivity index (χ0n) is 14.0. The highest BCUT2D eigenvalue weighted by Crippen LogP contribution is 2.30. The van der Waals surface area contributed by atoms with Crippen LogP contribution in [0.25, 0.3) is 27.7 Å². The minimum atomic E-state index is -0.632. The molecular weight excluding hydrogens is 352 g/mol. The third-order valence-electron chi connectivity index (χ3n) is 4.29. The average Bonchev–Trinajstić information content (AvgIpc) is 3.11. The average molecular weight is 367 g/mol. The molecule has 0 unspecified atom stereocenters. The predicted molar refractivity (Wildman–Crippen MR) is 102 cm³/mol. The molecule has 0 saturated heterocycles. The maximum absolute atomic E-state index is 13.0. The summed E-state index contributed by atoms with van der Waals surface area (Å²) in [4.78, 5) is 28.4. The van der Waals surface area contributed by atoms with E-state index in [0.29, 0.717) is 21.6 Å². The number of halogens is 1. The van der Waals surface area contributed by atoms with Crippen LogP contribution in [0.1, 0.15) is 17.3 Å². The zero-order chi connectivity index (χ0) is 18.3. The molecule has 2 heterocycles. The van der Waals surface area contributed by atoms with E-state index in [4.69, 9.17) is 16.3 Å². The largest absolute Gasteiger partial charge is 0.462 e. The first-order chi connectivity index (χ1) is 12.6. The number of imidazole rings is 1. The predicted octanol–water partition coefficient (Wildman–Crippen LogP) is 4.28. The number of aromatic nitrogens is 2. The van der Waals surface area contributed by atoms with Crippen LogP contribution in [0.3, 0.4) is 0 Å². The SMILES string of the molecule is CCOC(=O)c1c(=O)c2cccc(-c3cccc(Cl)c3)c2n2cc[nH]c12. The Bertz CT molecular complexity index is 1210. The van der Waals surface area contributed by atoms with Gasteiger partial charge in [0.05, 0.1) is 12.1 Å². The lowest BCUT2D eigenvalue weighted by Gasteiger charge is -2.12. The van der Waals surface area contributed by atoms with Crippen LogP contribution in [0, 0.1) is 0 Å². The Morgan fingerprint density at radius 3 is 2.81 bits per heavy atom. The lowest BCUT2D eigenvalue weighted by atomic mass is 10.0. The second-order valence-electron chi connectivity index (χ2n) is 5.82. The van der Waals surface area contributed by atoms with Gasteiger partial charge in [-0.3, -0.25) is 9.20 Å². The highest BCUT2D eigenvalue weighted by Gasteiger charge is 2.22. The first-order valence-corrected chi connectivity index (χ1v) is 8.57. The van der Waals surface area contributed by atoms with Gasteiger partial charge in [-0.25, -0.2) is 4.79 Å². The lowest BCUT2D eigenvalue weighted by Crippen LogP contribution is -2.20. The molecule has 130 valence electrons. The molecule has 4 rings (SSSR count). The van der Waals surface area contributed by atoms with Gasteiger partial charge in [0.1, 0.15) is 11.2 Å². The number of hydrogen-bond acceptors (Lipinski definition) is 3. The molecule has 1 N–H and O–H groups in total. The molecule has 0 aliphatic rings. The first kappa shape index (κ1) is 16.4. The standard InChI is InChI=1S/C20H15ClN2O3/c1-2-26-20(25)16-18(24)15-8-4-7-14(12-5-3-6-13(21)11-12)17(15)23-10-9-22-19(16)23/h3-11,22H,2H2,1H3. The van der Waals surface area contributed by atoms with E-state index >= 15 is 0 Å². The Labute approximate surface area is 153 Å². The number of hydrogen-bond donors (Lipinski definition) is 1. The number of benzene rings is 2. The van der Waals surface area contributed by atoms with Crippen molar-refractivity contribution in [3.8, 4) is 11.1 Å². The molecule has 2 aromatic heterocycles. The van der Waals surface area contributed by atoms with Gasteiger partial charge in [-0.1, -0.05) is 35.9 Å². The van der Waals surface area contributed by atoms with Crippen molar-refractivity contribution in [1.29, 1.82) is 0 Å². The number of rotatable bonds is 3. The number of H-pyrrole nitrogens is 1. The molecule has 4 aromatic rings. The molecule has 5 nitrogen and oxygen atoms in total. The molecule has 0 bridgehead atoms. The summed E-state index contributed by atoms with van der Waals surface area (Å²) in [6, 6.07) is 12.9. The molecule has 6 heteroatoms.